The van der Waals surface area contributed by atoms with Crippen molar-refractivity contribution in [1.29, 1.82) is 0 Å². The second kappa shape index (κ2) is 10.3. The number of hydrogen-bond donors (Lipinski definition) is 1. The van der Waals surface area contributed by atoms with Gasteiger partial charge in [-0.1, -0.05) is 30.4 Å². The van der Waals surface area contributed by atoms with Gasteiger partial charge in [-0.2, -0.15) is 0 Å². The molecule has 2 aliphatic heterocycles. The molecule has 27 heavy (non-hydrogen) atoms. The van der Waals surface area contributed by atoms with Crippen LogP contribution in [-0.4, -0.2) is 74.8 Å². The van der Waals surface area contributed by atoms with E-state index in [4.69, 9.17) is 14.5 Å². The molecule has 6 nitrogen and oxygen atoms in total. The zero-order valence-corrected chi connectivity index (χ0v) is 16.6. The summed E-state index contributed by atoms with van der Waals surface area (Å²) in [7, 11) is 1.69. The van der Waals surface area contributed by atoms with Crippen molar-refractivity contribution in [1.82, 2.24) is 15.1 Å². The van der Waals surface area contributed by atoms with Crippen LogP contribution in [0.2, 0.25) is 0 Å². The van der Waals surface area contributed by atoms with Crippen LogP contribution in [0, 0.1) is 0 Å². The highest BCUT2D eigenvalue weighted by Gasteiger charge is 2.29. The summed E-state index contributed by atoms with van der Waals surface area (Å²) in [6, 6.07) is 8.59. The molecule has 0 aliphatic carbocycles. The van der Waals surface area contributed by atoms with Crippen LogP contribution >= 0.6 is 0 Å². The van der Waals surface area contributed by atoms with E-state index in [1.165, 1.54) is 6.42 Å². The Hall–Kier alpha value is -2.05. The number of rotatable bonds is 8. The van der Waals surface area contributed by atoms with Crippen LogP contribution < -0.4 is 10.1 Å². The fourth-order valence-electron chi connectivity index (χ4n) is 3.67. The molecule has 1 atom stereocenters. The van der Waals surface area contributed by atoms with Gasteiger partial charge >= 0.3 is 0 Å². The zero-order valence-electron chi connectivity index (χ0n) is 16.6. The monoisotopic (exact) mass is 372 g/mol. The third-order valence-corrected chi connectivity index (χ3v) is 5.11. The number of likely N-dealkylation sites (tertiary alicyclic amines) is 1. The molecule has 0 spiro atoms. The molecule has 2 aliphatic rings. The van der Waals surface area contributed by atoms with Gasteiger partial charge in [0.05, 0.1) is 26.9 Å². The first kappa shape index (κ1) is 19.7. The predicted octanol–water partition coefficient (Wildman–Crippen LogP) is 2.12. The topological polar surface area (TPSA) is 49.3 Å². The Morgan fingerprint density at radius 1 is 1.26 bits per heavy atom. The van der Waals surface area contributed by atoms with Crippen molar-refractivity contribution in [3.8, 4) is 5.75 Å². The summed E-state index contributed by atoms with van der Waals surface area (Å²) in [6.07, 6.45) is 5.73. The third kappa shape index (κ3) is 5.47. The van der Waals surface area contributed by atoms with Gasteiger partial charge in [-0.05, 0) is 19.4 Å². The molecule has 1 N–H and O–H groups in total. The number of para-hydroxylation sites is 1. The molecule has 0 radical (unpaired) electrons. The maximum absolute atomic E-state index is 5.81. The van der Waals surface area contributed by atoms with Crippen LogP contribution in [-0.2, 0) is 11.3 Å². The summed E-state index contributed by atoms with van der Waals surface area (Å²) in [5, 5.41) is 3.43. The minimum Gasteiger partial charge on any atom is -0.496 e. The van der Waals surface area contributed by atoms with E-state index in [-0.39, 0.29) is 0 Å². The quantitative estimate of drug-likeness (QED) is 0.328. The van der Waals surface area contributed by atoms with Crippen molar-refractivity contribution < 1.29 is 9.47 Å². The Balaban J connectivity index is 1.45. The summed E-state index contributed by atoms with van der Waals surface area (Å²) in [5.41, 5.74) is 1.07. The molecule has 0 amide bonds. The second-order valence-corrected chi connectivity index (χ2v) is 6.91. The highest BCUT2D eigenvalue weighted by molar-refractivity contribution is 5.80. The van der Waals surface area contributed by atoms with E-state index in [0.29, 0.717) is 25.8 Å². The minimum absolute atomic E-state index is 0.545. The van der Waals surface area contributed by atoms with Crippen molar-refractivity contribution in [2.75, 3.05) is 53.0 Å². The fourth-order valence-corrected chi connectivity index (χ4v) is 3.67. The maximum atomic E-state index is 5.81. The Morgan fingerprint density at radius 3 is 2.85 bits per heavy atom. The standard InChI is InChI=1S/C21H32N4O2/c1-3-22-21(25-14-10-19(16-25)24-12-6-7-13-24)23-11-15-27-17-18-8-4-5-9-20(18)26-2/h4-9,19H,3,10-17H2,1-2H3,(H,22,23). The lowest BCUT2D eigenvalue weighted by atomic mass is 10.2. The number of nitrogens with zero attached hydrogens (tertiary/aromatic N) is 3. The summed E-state index contributed by atoms with van der Waals surface area (Å²) >= 11 is 0. The van der Waals surface area contributed by atoms with Crippen molar-refractivity contribution in [2.24, 2.45) is 4.99 Å². The number of ether oxygens (including phenoxy) is 2. The first-order valence-corrected chi connectivity index (χ1v) is 9.93. The highest BCUT2D eigenvalue weighted by Crippen LogP contribution is 2.19. The SMILES string of the molecule is CCNC(=NCCOCc1ccccc1OC)N1CCC(N2CC=CC2)C1. The molecule has 1 fully saturated rings. The first-order chi connectivity index (χ1) is 13.3. The van der Waals surface area contributed by atoms with Crippen LogP contribution in [0.25, 0.3) is 0 Å². The molecular weight excluding hydrogens is 340 g/mol. The van der Waals surface area contributed by atoms with Gasteiger partial charge in [-0.15, -0.1) is 0 Å². The molecule has 0 bridgehead atoms. The Kier molecular flexibility index (Phi) is 7.54. The fraction of sp³-hybridized carbons (Fsp3) is 0.571. The highest BCUT2D eigenvalue weighted by atomic mass is 16.5. The Morgan fingerprint density at radius 2 is 2.07 bits per heavy atom. The second-order valence-electron chi connectivity index (χ2n) is 6.91. The average Bonchev–Trinajstić information content (AvgIpc) is 3.39. The van der Waals surface area contributed by atoms with E-state index in [0.717, 1.165) is 50.0 Å². The molecule has 1 saturated heterocycles. The van der Waals surface area contributed by atoms with Gasteiger partial charge in [0, 0.05) is 44.3 Å². The van der Waals surface area contributed by atoms with Crippen molar-refractivity contribution in [3.05, 3.63) is 42.0 Å². The summed E-state index contributed by atoms with van der Waals surface area (Å²) in [5.74, 6) is 1.88. The molecule has 1 aromatic rings. The molecule has 0 saturated carbocycles. The van der Waals surface area contributed by atoms with Gasteiger partial charge in [0.15, 0.2) is 5.96 Å². The lowest BCUT2D eigenvalue weighted by Gasteiger charge is -2.25. The normalized spacial score (nSPS) is 20.4. The number of benzene rings is 1. The minimum atomic E-state index is 0.545. The first-order valence-electron chi connectivity index (χ1n) is 9.93. The molecule has 2 heterocycles. The number of aliphatic imine (C=N–C) groups is 1. The van der Waals surface area contributed by atoms with Crippen LogP contribution in [0.15, 0.2) is 41.4 Å². The van der Waals surface area contributed by atoms with Gasteiger partial charge in [-0.25, -0.2) is 0 Å². The van der Waals surface area contributed by atoms with Gasteiger partial charge < -0.3 is 19.7 Å². The number of nitrogens with one attached hydrogen (secondary N) is 1. The zero-order chi connectivity index (χ0) is 18.9. The summed E-state index contributed by atoms with van der Waals surface area (Å²) in [4.78, 5) is 9.69. The smallest absolute Gasteiger partial charge is 0.194 e. The molecule has 0 aromatic heterocycles. The van der Waals surface area contributed by atoms with Crippen molar-refractivity contribution in [2.45, 2.75) is 26.0 Å². The largest absolute Gasteiger partial charge is 0.496 e. The Labute approximate surface area is 162 Å². The lowest BCUT2D eigenvalue weighted by molar-refractivity contribution is 0.126. The number of methoxy groups -OCH3 is 1. The molecule has 1 aromatic carbocycles. The number of guanidine groups is 1. The van der Waals surface area contributed by atoms with E-state index >= 15 is 0 Å². The molecular formula is C21H32N4O2. The predicted molar refractivity (Wildman–Crippen MR) is 109 cm³/mol. The van der Waals surface area contributed by atoms with Gasteiger partial charge in [0.1, 0.15) is 5.75 Å². The van der Waals surface area contributed by atoms with E-state index < -0.39 is 0 Å². The van der Waals surface area contributed by atoms with Gasteiger partial charge in [0.2, 0.25) is 0 Å². The van der Waals surface area contributed by atoms with Crippen LogP contribution in [0.3, 0.4) is 0 Å². The van der Waals surface area contributed by atoms with Crippen molar-refractivity contribution >= 4 is 5.96 Å². The van der Waals surface area contributed by atoms with Crippen LogP contribution in [0.5, 0.6) is 5.75 Å². The molecule has 148 valence electrons. The van der Waals surface area contributed by atoms with Crippen molar-refractivity contribution in [3.63, 3.8) is 0 Å². The van der Waals surface area contributed by atoms with E-state index in [9.17, 15) is 0 Å². The number of hydrogen-bond acceptors (Lipinski definition) is 4. The van der Waals surface area contributed by atoms with Crippen LogP contribution in [0.4, 0.5) is 0 Å². The van der Waals surface area contributed by atoms with Gasteiger partial charge in [0.25, 0.3) is 0 Å². The summed E-state index contributed by atoms with van der Waals surface area (Å²) in [6.45, 7) is 9.09. The summed E-state index contributed by atoms with van der Waals surface area (Å²) < 4.78 is 11.2. The van der Waals surface area contributed by atoms with Gasteiger partial charge in [-0.3, -0.25) is 9.89 Å². The van der Waals surface area contributed by atoms with E-state index in [2.05, 4.69) is 34.2 Å². The van der Waals surface area contributed by atoms with E-state index in [1.54, 1.807) is 7.11 Å². The molecule has 6 heteroatoms. The maximum Gasteiger partial charge on any atom is 0.194 e. The third-order valence-electron chi connectivity index (χ3n) is 5.11. The molecule has 3 rings (SSSR count). The Bertz CT molecular complexity index is 639. The average molecular weight is 373 g/mol. The van der Waals surface area contributed by atoms with E-state index in [1.807, 2.05) is 24.3 Å². The molecule has 1 unspecified atom stereocenters. The van der Waals surface area contributed by atoms with Crippen LogP contribution in [0.1, 0.15) is 18.9 Å². The lowest BCUT2D eigenvalue weighted by Crippen LogP contribution is -2.43.